The lowest BCUT2D eigenvalue weighted by Crippen LogP contribution is -1.90. The van der Waals surface area contributed by atoms with Gasteiger partial charge in [0.25, 0.3) is 0 Å². The molecule has 0 fully saturated rings. The average Bonchev–Trinajstić information content (AvgIpc) is 1.88. The van der Waals surface area contributed by atoms with Crippen molar-refractivity contribution in [2.45, 2.75) is 13.8 Å². The summed E-state index contributed by atoms with van der Waals surface area (Å²) in [6.07, 6.45) is 0. The predicted octanol–water partition coefficient (Wildman–Crippen LogP) is 2.00. The van der Waals surface area contributed by atoms with Crippen molar-refractivity contribution in [1.82, 2.24) is 0 Å². The van der Waals surface area contributed by atoms with E-state index >= 15 is 0 Å². The second-order valence-electron chi connectivity index (χ2n) is 2.34. The van der Waals surface area contributed by atoms with Crippen molar-refractivity contribution in [3.8, 4) is 0 Å². The van der Waals surface area contributed by atoms with Crippen LogP contribution in [0.15, 0.2) is 18.2 Å². The Hall–Kier alpha value is -1.11. The second-order valence-corrected chi connectivity index (χ2v) is 2.34. The molecular formula is C9H9O. The van der Waals surface area contributed by atoms with E-state index in [9.17, 15) is 4.79 Å². The van der Waals surface area contributed by atoms with Gasteiger partial charge in [-0.05, 0) is 19.9 Å². The van der Waals surface area contributed by atoms with Gasteiger partial charge in [0, 0.05) is 5.56 Å². The van der Waals surface area contributed by atoms with Gasteiger partial charge >= 0.3 is 0 Å². The number of carbonyl (C=O) groups is 1. The van der Waals surface area contributed by atoms with Gasteiger partial charge in [-0.15, -0.1) is 0 Å². The van der Waals surface area contributed by atoms with E-state index in [-0.39, 0.29) is 5.78 Å². The zero-order chi connectivity index (χ0) is 7.56. The van der Waals surface area contributed by atoms with Gasteiger partial charge < -0.3 is 0 Å². The Balaban J connectivity index is 3.00. The summed E-state index contributed by atoms with van der Waals surface area (Å²) in [6.45, 7) is 3.52. The number of Topliss-reactive ketones (excluding diaryl/α,β-unsaturated/α-hetero) is 1. The monoisotopic (exact) mass is 133 g/mol. The molecule has 0 unspecified atom stereocenters. The van der Waals surface area contributed by atoms with Crippen molar-refractivity contribution in [2.75, 3.05) is 0 Å². The van der Waals surface area contributed by atoms with E-state index in [1.807, 2.05) is 19.1 Å². The summed E-state index contributed by atoms with van der Waals surface area (Å²) in [5.74, 6) is 0.0694. The van der Waals surface area contributed by atoms with Crippen LogP contribution < -0.4 is 0 Å². The van der Waals surface area contributed by atoms with Crippen molar-refractivity contribution in [3.63, 3.8) is 0 Å². The van der Waals surface area contributed by atoms with Crippen LogP contribution in [-0.2, 0) is 0 Å². The van der Waals surface area contributed by atoms with Crippen molar-refractivity contribution in [2.24, 2.45) is 0 Å². The minimum absolute atomic E-state index is 0.0694. The summed E-state index contributed by atoms with van der Waals surface area (Å²) in [7, 11) is 0. The number of ketones is 1. The zero-order valence-corrected chi connectivity index (χ0v) is 6.14. The molecule has 1 heteroatoms. The Morgan fingerprint density at radius 3 is 2.60 bits per heavy atom. The number of hydrogen-bond acceptors (Lipinski definition) is 1. The molecule has 1 aromatic rings. The number of rotatable bonds is 1. The second kappa shape index (κ2) is 2.65. The zero-order valence-electron chi connectivity index (χ0n) is 6.14. The number of benzene rings is 1. The van der Waals surface area contributed by atoms with Gasteiger partial charge in [-0.3, -0.25) is 4.79 Å². The van der Waals surface area contributed by atoms with Crippen LogP contribution in [0.2, 0.25) is 0 Å². The third-order valence-corrected chi connectivity index (χ3v) is 1.35. The van der Waals surface area contributed by atoms with Gasteiger partial charge in [0.1, 0.15) is 0 Å². The molecule has 0 aromatic heterocycles. The van der Waals surface area contributed by atoms with Crippen LogP contribution in [-0.4, -0.2) is 5.78 Å². The van der Waals surface area contributed by atoms with Crippen LogP contribution in [0.5, 0.6) is 0 Å². The maximum absolute atomic E-state index is 10.7. The van der Waals surface area contributed by atoms with E-state index in [1.165, 1.54) is 0 Å². The molecule has 0 aliphatic heterocycles. The minimum Gasteiger partial charge on any atom is -0.294 e. The Kier molecular flexibility index (Phi) is 1.86. The Bertz CT molecular complexity index is 233. The molecule has 1 aromatic carbocycles. The van der Waals surface area contributed by atoms with E-state index in [4.69, 9.17) is 0 Å². The maximum Gasteiger partial charge on any atom is 0.160 e. The molecule has 0 aliphatic rings. The molecular weight excluding hydrogens is 124 g/mol. The van der Waals surface area contributed by atoms with Crippen LogP contribution in [0.3, 0.4) is 0 Å². The van der Waals surface area contributed by atoms with E-state index in [0.29, 0.717) is 5.56 Å². The molecule has 1 radical (unpaired) electrons. The van der Waals surface area contributed by atoms with Gasteiger partial charge in [0.2, 0.25) is 0 Å². The molecule has 10 heavy (non-hydrogen) atoms. The highest BCUT2D eigenvalue weighted by Crippen LogP contribution is 2.01. The molecule has 0 heterocycles. The Morgan fingerprint density at radius 1 is 1.50 bits per heavy atom. The molecule has 0 aliphatic carbocycles. The third-order valence-electron chi connectivity index (χ3n) is 1.35. The molecule has 51 valence electrons. The summed E-state index contributed by atoms with van der Waals surface area (Å²) >= 11 is 0. The Labute approximate surface area is 60.7 Å². The summed E-state index contributed by atoms with van der Waals surface area (Å²) in [6, 6.07) is 8.40. The summed E-state index contributed by atoms with van der Waals surface area (Å²) in [5.41, 5.74) is 1.79. The largest absolute Gasteiger partial charge is 0.294 e. The molecule has 0 spiro atoms. The van der Waals surface area contributed by atoms with E-state index in [0.717, 1.165) is 5.56 Å². The normalized spacial score (nSPS) is 9.40. The number of aryl methyl sites for hydroxylation is 1. The van der Waals surface area contributed by atoms with Gasteiger partial charge in [-0.1, -0.05) is 23.8 Å². The summed E-state index contributed by atoms with van der Waals surface area (Å²) < 4.78 is 0. The first-order valence-electron chi connectivity index (χ1n) is 3.19. The third kappa shape index (κ3) is 1.44. The standard InChI is InChI=1S/C9H9O/c1-7-3-5-9(6-4-7)8(2)10/h3-5H,1-2H3. The van der Waals surface area contributed by atoms with Crippen molar-refractivity contribution in [1.29, 1.82) is 0 Å². The molecule has 1 nitrogen and oxygen atoms in total. The molecule has 0 atom stereocenters. The van der Waals surface area contributed by atoms with Gasteiger partial charge in [-0.25, -0.2) is 0 Å². The van der Waals surface area contributed by atoms with Crippen molar-refractivity contribution < 1.29 is 4.79 Å². The first-order chi connectivity index (χ1) is 4.70. The van der Waals surface area contributed by atoms with Crippen LogP contribution >= 0.6 is 0 Å². The summed E-state index contributed by atoms with van der Waals surface area (Å²) in [5, 5.41) is 0. The number of carbonyl (C=O) groups excluding carboxylic acids is 1. The predicted molar refractivity (Wildman–Crippen MR) is 40.0 cm³/mol. The highest BCUT2D eigenvalue weighted by Gasteiger charge is 1.95. The number of hydrogen-bond donors (Lipinski definition) is 0. The lowest BCUT2D eigenvalue weighted by molar-refractivity contribution is 0.101. The van der Waals surface area contributed by atoms with E-state index < -0.39 is 0 Å². The van der Waals surface area contributed by atoms with Gasteiger partial charge in [0.05, 0.1) is 0 Å². The highest BCUT2D eigenvalue weighted by atomic mass is 16.1. The fourth-order valence-corrected chi connectivity index (χ4v) is 0.722. The molecule has 0 N–H and O–H groups in total. The molecule has 1 rings (SSSR count). The highest BCUT2D eigenvalue weighted by molar-refractivity contribution is 5.93. The van der Waals surface area contributed by atoms with E-state index in [1.54, 1.807) is 13.0 Å². The topological polar surface area (TPSA) is 17.1 Å². The maximum atomic E-state index is 10.7. The Morgan fingerprint density at radius 2 is 2.20 bits per heavy atom. The van der Waals surface area contributed by atoms with Crippen LogP contribution in [0.25, 0.3) is 0 Å². The fraction of sp³-hybridized carbons (Fsp3) is 0.222. The minimum atomic E-state index is 0.0694. The van der Waals surface area contributed by atoms with Crippen LogP contribution in [0, 0.1) is 13.0 Å². The van der Waals surface area contributed by atoms with E-state index in [2.05, 4.69) is 6.07 Å². The summed E-state index contributed by atoms with van der Waals surface area (Å²) in [4.78, 5) is 10.7. The first kappa shape index (κ1) is 7.00. The van der Waals surface area contributed by atoms with Crippen molar-refractivity contribution in [3.05, 3.63) is 35.4 Å². The molecule has 0 amide bonds. The van der Waals surface area contributed by atoms with Gasteiger partial charge in [0.15, 0.2) is 5.78 Å². The van der Waals surface area contributed by atoms with Crippen LogP contribution in [0.4, 0.5) is 0 Å². The molecule has 0 saturated carbocycles. The lowest BCUT2D eigenvalue weighted by Gasteiger charge is -1.93. The molecule has 0 bridgehead atoms. The first-order valence-corrected chi connectivity index (χ1v) is 3.19. The van der Waals surface area contributed by atoms with Crippen LogP contribution in [0.1, 0.15) is 22.8 Å². The van der Waals surface area contributed by atoms with Crippen molar-refractivity contribution >= 4 is 5.78 Å². The lowest BCUT2D eigenvalue weighted by atomic mass is 10.1. The van der Waals surface area contributed by atoms with Gasteiger partial charge in [-0.2, -0.15) is 0 Å². The quantitative estimate of drug-likeness (QED) is 0.535. The fourth-order valence-electron chi connectivity index (χ4n) is 0.722. The molecule has 0 saturated heterocycles. The SMILES string of the molecule is CC(=O)c1[c]cc(C)cc1. The smallest absolute Gasteiger partial charge is 0.160 e. The average molecular weight is 133 g/mol.